The van der Waals surface area contributed by atoms with Crippen LogP contribution < -0.4 is 0 Å². The third kappa shape index (κ3) is 1.16. The SMILES string of the molecule is Cc1cc2cc(C(=O)O)ncc2n1C. The first-order valence-electron chi connectivity index (χ1n) is 4.25. The van der Waals surface area contributed by atoms with E-state index in [0.29, 0.717) is 0 Å². The number of carboxylic acids is 1. The van der Waals surface area contributed by atoms with Crippen molar-refractivity contribution in [3.05, 3.63) is 29.7 Å². The Balaban J connectivity index is 2.73. The van der Waals surface area contributed by atoms with Gasteiger partial charge in [-0.05, 0) is 19.1 Å². The van der Waals surface area contributed by atoms with Crippen LogP contribution in [0.3, 0.4) is 0 Å². The molecule has 4 nitrogen and oxygen atoms in total. The van der Waals surface area contributed by atoms with E-state index < -0.39 is 5.97 Å². The van der Waals surface area contributed by atoms with Gasteiger partial charge >= 0.3 is 5.97 Å². The van der Waals surface area contributed by atoms with Gasteiger partial charge < -0.3 is 9.67 Å². The van der Waals surface area contributed by atoms with E-state index in [-0.39, 0.29) is 5.69 Å². The number of aromatic carboxylic acids is 1. The highest BCUT2D eigenvalue weighted by Crippen LogP contribution is 2.17. The minimum absolute atomic E-state index is 0.0862. The van der Waals surface area contributed by atoms with Gasteiger partial charge in [-0.3, -0.25) is 0 Å². The highest BCUT2D eigenvalue weighted by atomic mass is 16.4. The summed E-state index contributed by atoms with van der Waals surface area (Å²) in [5, 5.41) is 9.67. The van der Waals surface area contributed by atoms with Crippen LogP contribution in [0.15, 0.2) is 18.3 Å². The van der Waals surface area contributed by atoms with Crippen molar-refractivity contribution in [2.24, 2.45) is 7.05 Å². The molecular weight excluding hydrogens is 180 g/mol. The van der Waals surface area contributed by atoms with Crippen molar-refractivity contribution in [2.45, 2.75) is 6.92 Å². The standard InChI is InChI=1S/C10H10N2O2/c1-6-3-7-4-8(10(13)14)11-5-9(7)12(6)2/h3-5H,1-2H3,(H,13,14). The predicted octanol–water partition coefficient (Wildman–Crippen LogP) is 1.58. The molecule has 2 aromatic rings. The lowest BCUT2D eigenvalue weighted by Crippen LogP contribution is -1.99. The van der Waals surface area contributed by atoms with E-state index in [1.54, 1.807) is 12.3 Å². The van der Waals surface area contributed by atoms with Gasteiger partial charge in [-0.2, -0.15) is 0 Å². The maximum absolute atomic E-state index is 10.7. The minimum Gasteiger partial charge on any atom is -0.477 e. The van der Waals surface area contributed by atoms with Gasteiger partial charge in [0.1, 0.15) is 5.69 Å². The second kappa shape index (κ2) is 2.83. The number of hydrogen-bond acceptors (Lipinski definition) is 2. The topological polar surface area (TPSA) is 55.1 Å². The number of nitrogens with zero attached hydrogens (tertiary/aromatic N) is 2. The van der Waals surface area contributed by atoms with Gasteiger partial charge in [0.25, 0.3) is 0 Å². The van der Waals surface area contributed by atoms with Crippen LogP contribution in [0.1, 0.15) is 16.2 Å². The third-order valence-corrected chi connectivity index (χ3v) is 2.39. The number of fused-ring (bicyclic) bond motifs is 1. The van der Waals surface area contributed by atoms with E-state index in [1.807, 2.05) is 24.6 Å². The molecule has 0 aromatic carbocycles. The molecule has 0 atom stereocenters. The molecule has 0 saturated heterocycles. The normalized spacial score (nSPS) is 10.7. The van der Waals surface area contributed by atoms with Crippen LogP contribution in [0.2, 0.25) is 0 Å². The molecule has 0 aliphatic carbocycles. The van der Waals surface area contributed by atoms with Crippen molar-refractivity contribution in [1.82, 2.24) is 9.55 Å². The maximum atomic E-state index is 10.7. The predicted molar refractivity (Wildman–Crippen MR) is 52.4 cm³/mol. The van der Waals surface area contributed by atoms with Crippen molar-refractivity contribution in [1.29, 1.82) is 0 Å². The average molecular weight is 190 g/mol. The van der Waals surface area contributed by atoms with Crippen LogP contribution >= 0.6 is 0 Å². The molecule has 0 amide bonds. The van der Waals surface area contributed by atoms with E-state index in [1.165, 1.54) is 0 Å². The van der Waals surface area contributed by atoms with Gasteiger partial charge in [0.15, 0.2) is 0 Å². The maximum Gasteiger partial charge on any atom is 0.354 e. The quantitative estimate of drug-likeness (QED) is 0.742. The minimum atomic E-state index is -0.992. The summed E-state index contributed by atoms with van der Waals surface area (Å²) in [5.41, 5.74) is 2.12. The Morgan fingerprint density at radius 3 is 2.86 bits per heavy atom. The molecule has 1 N–H and O–H groups in total. The molecule has 72 valence electrons. The summed E-state index contributed by atoms with van der Waals surface area (Å²) in [7, 11) is 1.93. The van der Waals surface area contributed by atoms with Gasteiger partial charge in [0.2, 0.25) is 0 Å². The molecule has 2 aromatic heterocycles. The van der Waals surface area contributed by atoms with Crippen molar-refractivity contribution in [2.75, 3.05) is 0 Å². The number of pyridine rings is 1. The lowest BCUT2D eigenvalue weighted by atomic mass is 10.2. The molecule has 2 heterocycles. The lowest BCUT2D eigenvalue weighted by Gasteiger charge is -1.98. The molecule has 0 aliphatic heterocycles. The number of hydrogen-bond donors (Lipinski definition) is 1. The highest BCUT2D eigenvalue weighted by Gasteiger charge is 2.08. The Morgan fingerprint density at radius 1 is 1.50 bits per heavy atom. The van der Waals surface area contributed by atoms with Crippen molar-refractivity contribution < 1.29 is 9.90 Å². The first-order valence-corrected chi connectivity index (χ1v) is 4.25. The summed E-state index contributed by atoms with van der Waals surface area (Å²) in [6.07, 6.45) is 1.59. The summed E-state index contributed by atoms with van der Waals surface area (Å²) in [6.45, 7) is 1.97. The third-order valence-electron chi connectivity index (χ3n) is 2.39. The number of rotatable bonds is 1. The summed E-state index contributed by atoms with van der Waals surface area (Å²) in [4.78, 5) is 14.5. The Bertz CT molecular complexity index is 514. The largest absolute Gasteiger partial charge is 0.477 e. The summed E-state index contributed by atoms with van der Waals surface area (Å²) in [6, 6.07) is 3.54. The number of aryl methyl sites for hydroxylation is 2. The molecule has 0 fully saturated rings. The van der Waals surface area contributed by atoms with Crippen molar-refractivity contribution in [3.63, 3.8) is 0 Å². The first kappa shape index (κ1) is 8.74. The number of aromatic nitrogens is 2. The molecule has 0 radical (unpaired) electrons. The van der Waals surface area contributed by atoms with E-state index >= 15 is 0 Å². The van der Waals surface area contributed by atoms with Crippen LogP contribution in [0.25, 0.3) is 10.9 Å². The van der Waals surface area contributed by atoms with Gasteiger partial charge in [-0.25, -0.2) is 9.78 Å². The average Bonchev–Trinajstić information content (AvgIpc) is 2.42. The van der Waals surface area contributed by atoms with E-state index in [2.05, 4.69) is 4.98 Å². The Morgan fingerprint density at radius 2 is 2.21 bits per heavy atom. The second-order valence-electron chi connectivity index (χ2n) is 3.28. The molecule has 0 saturated carbocycles. The fraction of sp³-hybridized carbons (Fsp3) is 0.200. The fourth-order valence-electron chi connectivity index (χ4n) is 1.49. The molecule has 14 heavy (non-hydrogen) atoms. The van der Waals surface area contributed by atoms with Crippen LogP contribution in [-0.4, -0.2) is 20.6 Å². The lowest BCUT2D eigenvalue weighted by molar-refractivity contribution is 0.0690. The smallest absolute Gasteiger partial charge is 0.354 e. The molecule has 2 rings (SSSR count). The monoisotopic (exact) mass is 190 g/mol. The summed E-state index contributed by atoms with van der Waals surface area (Å²) in [5.74, 6) is -0.992. The van der Waals surface area contributed by atoms with Crippen LogP contribution in [0.4, 0.5) is 0 Å². The van der Waals surface area contributed by atoms with Gasteiger partial charge in [0.05, 0.1) is 11.7 Å². The molecule has 4 heteroatoms. The van der Waals surface area contributed by atoms with Crippen LogP contribution in [0.5, 0.6) is 0 Å². The Kier molecular flexibility index (Phi) is 1.77. The first-order chi connectivity index (χ1) is 6.59. The Hall–Kier alpha value is -1.84. The molecule has 0 unspecified atom stereocenters. The number of carbonyl (C=O) groups is 1. The van der Waals surface area contributed by atoms with Crippen molar-refractivity contribution in [3.8, 4) is 0 Å². The van der Waals surface area contributed by atoms with E-state index in [0.717, 1.165) is 16.6 Å². The van der Waals surface area contributed by atoms with Gasteiger partial charge in [-0.1, -0.05) is 0 Å². The number of carboxylic acid groups (broad SMARTS) is 1. The summed E-state index contributed by atoms with van der Waals surface area (Å²) >= 11 is 0. The zero-order valence-corrected chi connectivity index (χ0v) is 7.98. The van der Waals surface area contributed by atoms with Gasteiger partial charge in [-0.15, -0.1) is 0 Å². The second-order valence-corrected chi connectivity index (χ2v) is 3.28. The zero-order chi connectivity index (χ0) is 10.3. The van der Waals surface area contributed by atoms with Crippen LogP contribution in [-0.2, 0) is 7.05 Å². The molecule has 0 aliphatic rings. The highest BCUT2D eigenvalue weighted by molar-refractivity contribution is 5.91. The Labute approximate surface area is 80.8 Å². The fourth-order valence-corrected chi connectivity index (χ4v) is 1.49. The van der Waals surface area contributed by atoms with Gasteiger partial charge in [0, 0.05) is 18.1 Å². The van der Waals surface area contributed by atoms with Crippen LogP contribution in [0, 0.1) is 6.92 Å². The van der Waals surface area contributed by atoms with Crippen molar-refractivity contribution >= 4 is 16.9 Å². The van der Waals surface area contributed by atoms with E-state index in [4.69, 9.17) is 5.11 Å². The molecule has 0 bridgehead atoms. The van der Waals surface area contributed by atoms with E-state index in [9.17, 15) is 4.79 Å². The zero-order valence-electron chi connectivity index (χ0n) is 7.98. The summed E-state index contributed by atoms with van der Waals surface area (Å²) < 4.78 is 1.98. The molecule has 0 spiro atoms. The molecular formula is C10H10N2O2.